The number of rotatable bonds is 6. The molecule has 1 N–H and O–H groups in total. The smallest absolute Gasteiger partial charge is 0.339 e. The lowest BCUT2D eigenvalue weighted by Gasteiger charge is -2.38. The Balaban J connectivity index is 1.23. The van der Waals surface area contributed by atoms with Gasteiger partial charge in [0.25, 0.3) is 0 Å². The molecule has 0 aromatic heterocycles. The Hall–Kier alpha value is -1.95. The standard InChI is InChI=1S/C22H23Cl2NO4/c23-16-2-4-19-15(12-16)14-22(29-19)6-9-25(10-7-22)8-1-11-28-20-5-3-17(24)13-18(20)21(26)27/h2-5,12-13H,1,6-11,14H2,(H,26,27). The fourth-order valence-electron chi connectivity index (χ4n) is 4.13. The van der Waals surface area contributed by atoms with Crippen molar-refractivity contribution < 1.29 is 19.4 Å². The summed E-state index contributed by atoms with van der Waals surface area (Å²) in [5.41, 5.74) is 1.20. The van der Waals surface area contributed by atoms with Crippen molar-refractivity contribution in [1.82, 2.24) is 4.90 Å². The molecule has 1 spiro atoms. The number of halogens is 2. The summed E-state index contributed by atoms with van der Waals surface area (Å²) >= 11 is 12.0. The average molecular weight is 436 g/mol. The molecule has 0 aliphatic carbocycles. The number of carboxylic acid groups (broad SMARTS) is 1. The number of likely N-dealkylation sites (tertiary alicyclic amines) is 1. The molecular weight excluding hydrogens is 413 g/mol. The van der Waals surface area contributed by atoms with Crippen molar-refractivity contribution in [3.8, 4) is 11.5 Å². The average Bonchev–Trinajstić information content (AvgIpc) is 3.04. The third-order valence-corrected chi connectivity index (χ3v) is 6.15. The number of benzene rings is 2. The minimum Gasteiger partial charge on any atom is -0.493 e. The lowest BCUT2D eigenvalue weighted by Crippen LogP contribution is -2.47. The normalized spacial score (nSPS) is 17.7. The van der Waals surface area contributed by atoms with Crippen molar-refractivity contribution in [3.05, 3.63) is 57.6 Å². The van der Waals surface area contributed by atoms with Crippen LogP contribution < -0.4 is 9.47 Å². The number of fused-ring (bicyclic) bond motifs is 1. The highest BCUT2D eigenvalue weighted by Crippen LogP contribution is 2.41. The fraction of sp³-hybridized carbons (Fsp3) is 0.409. The monoisotopic (exact) mass is 435 g/mol. The first-order chi connectivity index (χ1) is 13.9. The maximum atomic E-state index is 11.3. The molecule has 0 amide bonds. The van der Waals surface area contributed by atoms with Crippen LogP contribution in [0.4, 0.5) is 0 Å². The molecule has 0 bridgehead atoms. The number of carbonyl (C=O) groups is 1. The summed E-state index contributed by atoms with van der Waals surface area (Å²) in [6.07, 6.45) is 3.72. The van der Waals surface area contributed by atoms with Crippen LogP contribution in [0.2, 0.25) is 10.0 Å². The largest absolute Gasteiger partial charge is 0.493 e. The molecule has 2 aromatic carbocycles. The Morgan fingerprint density at radius 2 is 1.86 bits per heavy atom. The van der Waals surface area contributed by atoms with Crippen molar-refractivity contribution in [2.24, 2.45) is 0 Å². The molecule has 0 saturated carbocycles. The van der Waals surface area contributed by atoms with Gasteiger partial charge in [0.2, 0.25) is 0 Å². The highest BCUT2D eigenvalue weighted by Gasteiger charge is 2.41. The van der Waals surface area contributed by atoms with Gasteiger partial charge in [0.1, 0.15) is 22.7 Å². The molecule has 2 heterocycles. The van der Waals surface area contributed by atoms with Gasteiger partial charge in [-0.3, -0.25) is 0 Å². The molecule has 0 unspecified atom stereocenters. The molecular formula is C22H23Cl2NO4. The molecule has 2 aliphatic rings. The van der Waals surface area contributed by atoms with Gasteiger partial charge < -0.3 is 19.5 Å². The Morgan fingerprint density at radius 1 is 1.14 bits per heavy atom. The SMILES string of the molecule is O=C(O)c1cc(Cl)ccc1OCCCN1CCC2(CC1)Cc1cc(Cl)ccc1O2. The summed E-state index contributed by atoms with van der Waals surface area (Å²) < 4.78 is 12.0. The van der Waals surface area contributed by atoms with E-state index in [2.05, 4.69) is 4.90 Å². The van der Waals surface area contributed by atoms with Gasteiger partial charge in [-0.05, 0) is 48.4 Å². The lowest BCUT2D eigenvalue weighted by atomic mass is 9.87. The molecule has 7 heteroatoms. The Labute approximate surface area is 180 Å². The van der Waals surface area contributed by atoms with Gasteiger partial charge in [-0.1, -0.05) is 23.2 Å². The number of aromatic carboxylic acids is 1. The van der Waals surface area contributed by atoms with E-state index in [9.17, 15) is 9.90 Å². The number of hydrogen-bond acceptors (Lipinski definition) is 4. The summed E-state index contributed by atoms with van der Waals surface area (Å²) in [6, 6.07) is 10.5. The van der Waals surface area contributed by atoms with Crippen molar-refractivity contribution in [2.45, 2.75) is 31.3 Å². The topological polar surface area (TPSA) is 59.0 Å². The molecule has 2 aromatic rings. The van der Waals surface area contributed by atoms with Crippen molar-refractivity contribution in [3.63, 3.8) is 0 Å². The zero-order valence-electron chi connectivity index (χ0n) is 16.0. The molecule has 154 valence electrons. The van der Waals surface area contributed by atoms with Gasteiger partial charge in [-0.15, -0.1) is 0 Å². The van der Waals surface area contributed by atoms with E-state index in [1.165, 1.54) is 11.6 Å². The van der Waals surface area contributed by atoms with Gasteiger partial charge in [-0.2, -0.15) is 0 Å². The second kappa shape index (κ2) is 8.42. The second-order valence-corrected chi connectivity index (χ2v) is 8.58. The maximum Gasteiger partial charge on any atom is 0.339 e. The molecule has 0 radical (unpaired) electrons. The molecule has 0 atom stereocenters. The Bertz CT molecular complexity index is 910. The van der Waals surface area contributed by atoms with Gasteiger partial charge in [0.05, 0.1) is 6.61 Å². The van der Waals surface area contributed by atoms with Crippen LogP contribution in [0.3, 0.4) is 0 Å². The minimum absolute atomic E-state index is 0.0930. The van der Waals surface area contributed by atoms with Crippen molar-refractivity contribution in [1.29, 1.82) is 0 Å². The van der Waals surface area contributed by atoms with Gasteiger partial charge in [-0.25, -0.2) is 4.79 Å². The maximum absolute atomic E-state index is 11.3. The van der Waals surface area contributed by atoms with Crippen LogP contribution in [0, 0.1) is 0 Å². The Morgan fingerprint density at radius 3 is 2.62 bits per heavy atom. The molecule has 5 nitrogen and oxygen atoms in total. The molecule has 4 rings (SSSR count). The van der Waals surface area contributed by atoms with Gasteiger partial charge in [0.15, 0.2) is 0 Å². The number of ether oxygens (including phenoxy) is 2. The third-order valence-electron chi connectivity index (χ3n) is 5.68. The number of hydrogen-bond donors (Lipinski definition) is 1. The fourth-order valence-corrected chi connectivity index (χ4v) is 4.50. The summed E-state index contributed by atoms with van der Waals surface area (Å²) in [5, 5.41) is 10.4. The van der Waals surface area contributed by atoms with Crippen LogP contribution in [0.25, 0.3) is 0 Å². The third kappa shape index (κ3) is 4.63. The van der Waals surface area contributed by atoms with E-state index in [1.807, 2.05) is 18.2 Å². The zero-order valence-corrected chi connectivity index (χ0v) is 17.5. The van der Waals surface area contributed by atoms with E-state index in [4.69, 9.17) is 32.7 Å². The van der Waals surface area contributed by atoms with Crippen LogP contribution in [-0.4, -0.2) is 47.8 Å². The summed E-state index contributed by atoms with van der Waals surface area (Å²) in [5.74, 6) is 0.284. The summed E-state index contributed by atoms with van der Waals surface area (Å²) in [4.78, 5) is 13.7. The van der Waals surface area contributed by atoms with Crippen molar-refractivity contribution in [2.75, 3.05) is 26.2 Å². The van der Waals surface area contributed by atoms with E-state index in [1.54, 1.807) is 12.1 Å². The summed E-state index contributed by atoms with van der Waals surface area (Å²) in [7, 11) is 0. The van der Waals surface area contributed by atoms with E-state index >= 15 is 0 Å². The number of carboxylic acids is 1. The highest BCUT2D eigenvalue weighted by molar-refractivity contribution is 6.31. The van der Waals surface area contributed by atoms with E-state index in [0.717, 1.165) is 56.1 Å². The van der Waals surface area contributed by atoms with Crippen LogP contribution in [0.15, 0.2) is 36.4 Å². The second-order valence-electron chi connectivity index (χ2n) is 7.70. The quantitative estimate of drug-likeness (QED) is 0.651. The van der Waals surface area contributed by atoms with E-state index < -0.39 is 5.97 Å². The molecule has 2 aliphatic heterocycles. The van der Waals surface area contributed by atoms with E-state index in [0.29, 0.717) is 17.4 Å². The van der Waals surface area contributed by atoms with E-state index in [-0.39, 0.29) is 11.2 Å². The predicted octanol–water partition coefficient (Wildman–Crippen LogP) is 4.93. The number of piperidine rings is 1. The lowest BCUT2D eigenvalue weighted by molar-refractivity contribution is 0.0183. The molecule has 29 heavy (non-hydrogen) atoms. The van der Waals surface area contributed by atoms with Crippen LogP contribution in [-0.2, 0) is 6.42 Å². The van der Waals surface area contributed by atoms with Crippen LogP contribution in [0.5, 0.6) is 11.5 Å². The molecule has 1 fully saturated rings. The van der Waals surface area contributed by atoms with Gasteiger partial charge >= 0.3 is 5.97 Å². The first-order valence-corrected chi connectivity index (χ1v) is 10.6. The van der Waals surface area contributed by atoms with Crippen molar-refractivity contribution >= 4 is 29.2 Å². The van der Waals surface area contributed by atoms with Gasteiger partial charge in [0, 0.05) is 48.9 Å². The zero-order chi connectivity index (χ0) is 20.4. The summed E-state index contributed by atoms with van der Waals surface area (Å²) in [6.45, 7) is 3.32. The van der Waals surface area contributed by atoms with Crippen LogP contribution in [0.1, 0.15) is 35.2 Å². The first-order valence-electron chi connectivity index (χ1n) is 9.80. The minimum atomic E-state index is -1.04. The highest BCUT2D eigenvalue weighted by atomic mass is 35.5. The molecule has 1 saturated heterocycles. The van der Waals surface area contributed by atoms with Crippen LogP contribution >= 0.6 is 23.2 Å². The Kier molecular flexibility index (Phi) is 5.91. The first kappa shape index (κ1) is 20.3. The number of nitrogens with zero attached hydrogens (tertiary/aromatic N) is 1. The predicted molar refractivity (Wildman–Crippen MR) is 113 cm³/mol.